The minimum absolute atomic E-state index is 0.0476. The number of nitro groups is 1. The predicted molar refractivity (Wildman–Crippen MR) is 67.6 cm³/mol. The molecule has 18 heavy (non-hydrogen) atoms. The SMILES string of the molecule is CC(C)C(CC(=O)O)Nc1ccccc1[N+](=O)[O-]. The van der Waals surface area contributed by atoms with Gasteiger partial charge in [0.25, 0.3) is 5.69 Å². The number of rotatable bonds is 6. The number of carboxylic acid groups (broad SMARTS) is 1. The molecule has 0 heterocycles. The fourth-order valence-corrected chi connectivity index (χ4v) is 1.60. The Kier molecular flexibility index (Phi) is 4.65. The van der Waals surface area contributed by atoms with Crippen LogP contribution in [0, 0.1) is 16.0 Å². The summed E-state index contributed by atoms with van der Waals surface area (Å²) < 4.78 is 0. The van der Waals surface area contributed by atoms with E-state index in [9.17, 15) is 14.9 Å². The first-order valence-electron chi connectivity index (χ1n) is 5.63. The summed E-state index contributed by atoms with van der Waals surface area (Å²) in [4.78, 5) is 21.1. The van der Waals surface area contributed by atoms with Gasteiger partial charge in [-0.3, -0.25) is 14.9 Å². The van der Waals surface area contributed by atoms with Crippen molar-refractivity contribution in [3.63, 3.8) is 0 Å². The van der Waals surface area contributed by atoms with Crippen molar-refractivity contribution in [3.8, 4) is 0 Å². The highest BCUT2D eigenvalue weighted by molar-refractivity contribution is 5.69. The van der Waals surface area contributed by atoms with Crippen LogP contribution >= 0.6 is 0 Å². The third-order valence-electron chi connectivity index (χ3n) is 2.64. The maximum Gasteiger partial charge on any atom is 0.305 e. The lowest BCUT2D eigenvalue weighted by atomic mass is 10.0. The van der Waals surface area contributed by atoms with Gasteiger partial charge in [-0.1, -0.05) is 26.0 Å². The normalized spacial score (nSPS) is 12.2. The first-order valence-corrected chi connectivity index (χ1v) is 5.63. The highest BCUT2D eigenvalue weighted by Crippen LogP contribution is 2.25. The second-order valence-corrected chi connectivity index (χ2v) is 4.37. The van der Waals surface area contributed by atoms with Crippen LogP contribution in [0.1, 0.15) is 20.3 Å². The summed E-state index contributed by atoms with van der Waals surface area (Å²) in [6.07, 6.45) is -0.0796. The van der Waals surface area contributed by atoms with Crippen molar-refractivity contribution in [2.45, 2.75) is 26.3 Å². The van der Waals surface area contributed by atoms with Crippen LogP contribution in [0.15, 0.2) is 24.3 Å². The number of nitrogens with zero attached hydrogens (tertiary/aromatic N) is 1. The largest absolute Gasteiger partial charge is 0.481 e. The molecule has 1 unspecified atom stereocenters. The lowest BCUT2D eigenvalue weighted by Gasteiger charge is -2.21. The summed E-state index contributed by atoms with van der Waals surface area (Å²) in [5.74, 6) is -0.874. The molecule has 0 aliphatic rings. The first kappa shape index (κ1) is 14.0. The Hall–Kier alpha value is -2.11. The summed E-state index contributed by atoms with van der Waals surface area (Å²) in [6.45, 7) is 3.74. The van der Waals surface area contributed by atoms with Gasteiger partial charge in [0.1, 0.15) is 5.69 Å². The van der Waals surface area contributed by atoms with Crippen LogP contribution in [0.2, 0.25) is 0 Å². The van der Waals surface area contributed by atoms with E-state index in [0.717, 1.165) is 0 Å². The van der Waals surface area contributed by atoms with Gasteiger partial charge in [0.05, 0.1) is 11.3 Å². The number of nitrogens with one attached hydrogen (secondary N) is 1. The number of benzene rings is 1. The molecule has 6 nitrogen and oxygen atoms in total. The van der Waals surface area contributed by atoms with E-state index in [2.05, 4.69) is 5.32 Å². The van der Waals surface area contributed by atoms with Crippen LogP contribution < -0.4 is 5.32 Å². The number of para-hydroxylation sites is 2. The van der Waals surface area contributed by atoms with E-state index >= 15 is 0 Å². The quantitative estimate of drug-likeness (QED) is 0.599. The zero-order valence-corrected chi connectivity index (χ0v) is 10.3. The summed E-state index contributed by atoms with van der Waals surface area (Å²) in [7, 11) is 0. The summed E-state index contributed by atoms with van der Waals surface area (Å²) in [6, 6.07) is 5.87. The maximum absolute atomic E-state index is 10.8. The van der Waals surface area contributed by atoms with Crippen LogP contribution in [-0.4, -0.2) is 22.0 Å². The number of aliphatic carboxylic acids is 1. The molecule has 1 aromatic rings. The Labute approximate surface area is 105 Å². The Bertz CT molecular complexity index is 445. The van der Waals surface area contributed by atoms with Crippen molar-refractivity contribution < 1.29 is 14.8 Å². The molecule has 0 saturated heterocycles. The summed E-state index contributed by atoms with van der Waals surface area (Å²) in [5, 5.41) is 22.6. The molecule has 0 amide bonds. The van der Waals surface area contributed by atoms with Crippen molar-refractivity contribution in [2.75, 3.05) is 5.32 Å². The van der Waals surface area contributed by atoms with Crippen molar-refractivity contribution >= 4 is 17.3 Å². The second kappa shape index (κ2) is 6.00. The van der Waals surface area contributed by atoms with Gasteiger partial charge in [0, 0.05) is 12.1 Å². The maximum atomic E-state index is 10.8. The molecular weight excluding hydrogens is 236 g/mol. The number of hydrogen-bond donors (Lipinski definition) is 2. The standard InChI is InChI=1S/C12H16N2O4/c1-8(2)10(7-12(15)16)13-9-5-3-4-6-11(9)14(17)18/h3-6,8,10,13H,7H2,1-2H3,(H,15,16). The summed E-state index contributed by atoms with van der Waals surface area (Å²) >= 11 is 0. The van der Waals surface area contributed by atoms with Gasteiger partial charge < -0.3 is 10.4 Å². The lowest BCUT2D eigenvalue weighted by Crippen LogP contribution is -2.28. The van der Waals surface area contributed by atoms with Crippen molar-refractivity contribution in [1.29, 1.82) is 0 Å². The number of hydrogen-bond acceptors (Lipinski definition) is 4. The van der Waals surface area contributed by atoms with E-state index in [-0.39, 0.29) is 24.1 Å². The fourth-order valence-electron chi connectivity index (χ4n) is 1.60. The number of anilines is 1. The molecule has 2 N–H and O–H groups in total. The van der Waals surface area contributed by atoms with Crippen molar-refractivity contribution in [3.05, 3.63) is 34.4 Å². The fraction of sp³-hybridized carbons (Fsp3) is 0.417. The molecule has 0 bridgehead atoms. The smallest absolute Gasteiger partial charge is 0.305 e. The molecule has 0 aliphatic carbocycles. The molecule has 0 spiro atoms. The minimum atomic E-state index is -0.931. The minimum Gasteiger partial charge on any atom is -0.481 e. The topological polar surface area (TPSA) is 92.5 Å². The third kappa shape index (κ3) is 3.73. The van der Waals surface area contributed by atoms with Crippen molar-refractivity contribution in [1.82, 2.24) is 0 Å². The predicted octanol–water partition coefficient (Wildman–Crippen LogP) is 2.51. The van der Waals surface area contributed by atoms with E-state index in [4.69, 9.17) is 5.11 Å². The Balaban J connectivity index is 2.93. The molecule has 98 valence electrons. The van der Waals surface area contributed by atoms with Gasteiger partial charge in [0.15, 0.2) is 0 Å². The zero-order chi connectivity index (χ0) is 13.7. The summed E-state index contributed by atoms with van der Waals surface area (Å²) in [5.41, 5.74) is 0.302. The van der Waals surface area contributed by atoms with Gasteiger partial charge >= 0.3 is 5.97 Å². The number of carboxylic acids is 1. The first-order chi connectivity index (χ1) is 8.41. The van der Waals surface area contributed by atoms with Crippen LogP contribution in [-0.2, 0) is 4.79 Å². The van der Waals surface area contributed by atoms with Gasteiger partial charge in [-0.05, 0) is 12.0 Å². The van der Waals surface area contributed by atoms with Crippen LogP contribution in [0.25, 0.3) is 0 Å². The highest BCUT2D eigenvalue weighted by Gasteiger charge is 2.20. The molecule has 1 aromatic carbocycles. The highest BCUT2D eigenvalue weighted by atomic mass is 16.6. The van der Waals surface area contributed by atoms with Crippen LogP contribution in [0.3, 0.4) is 0 Å². The number of carbonyl (C=O) groups is 1. The van der Waals surface area contributed by atoms with Crippen molar-refractivity contribution in [2.24, 2.45) is 5.92 Å². The molecule has 0 saturated carbocycles. The van der Waals surface area contributed by atoms with Gasteiger partial charge in [-0.25, -0.2) is 0 Å². The van der Waals surface area contributed by atoms with Crippen LogP contribution in [0.5, 0.6) is 0 Å². The van der Waals surface area contributed by atoms with Gasteiger partial charge in [-0.15, -0.1) is 0 Å². The molecule has 1 atom stereocenters. The average Bonchev–Trinajstić information content (AvgIpc) is 2.27. The van der Waals surface area contributed by atoms with Gasteiger partial charge in [0.2, 0.25) is 0 Å². The van der Waals surface area contributed by atoms with E-state index < -0.39 is 10.9 Å². The molecule has 6 heteroatoms. The second-order valence-electron chi connectivity index (χ2n) is 4.37. The molecule has 0 aliphatic heterocycles. The van der Waals surface area contributed by atoms with E-state index in [1.165, 1.54) is 6.07 Å². The Morgan fingerprint density at radius 3 is 2.56 bits per heavy atom. The monoisotopic (exact) mass is 252 g/mol. The average molecular weight is 252 g/mol. The Morgan fingerprint density at radius 1 is 1.44 bits per heavy atom. The van der Waals surface area contributed by atoms with Crippen LogP contribution in [0.4, 0.5) is 11.4 Å². The molecule has 0 fully saturated rings. The third-order valence-corrected chi connectivity index (χ3v) is 2.64. The molecule has 0 aromatic heterocycles. The number of nitro benzene ring substituents is 1. The zero-order valence-electron chi connectivity index (χ0n) is 10.3. The van der Waals surface area contributed by atoms with E-state index in [1.54, 1.807) is 18.2 Å². The van der Waals surface area contributed by atoms with E-state index in [0.29, 0.717) is 5.69 Å². The lowest BCUT2D eigenvalue weighted by molar-refractivity contribution is -0.384. The van der Waals surface area contributed by atoms with E-state index in [1.807, 2.05) is 13.8 Å². The molecule has 1 rings (SSSR count). The van der Waals surface area contributed by atoms with Gasteiger partial charge in [-0.2, -0.15) is 0 Å². The molecular formula is C12H16N2O4. The molecule has 0 radical (unpaired) electrons. The Morgan fingerprint density at radius 2 is 2.06 bits per heavy atom.